The fourth-order valence-corrected chi connectivity index (χ4v) is 3.21. The topological polar surface area (TPSA) is 20.2 Å². The van der Waals surface area contributed by atoms with Crippen molar-refractivity contribution in [2.75, 3.05) is 6.61 Å². The molecule has 0 aromatic rings. The molecule has 21 heavy (non-hydrogen) atoms. The zero-order chi connectivity index (χ0) is 15.6. The minimum Gasteiger partial charge on any atom is -0.396 e. The Morgan fingerprint density at radius 1 is 0.667 bits per heavy atom. The maximum absolute atomic E-state index is 8.51. The molecule has 128 valence electrons. The predicted octanol–water partition coefficient (Wildman–Crippen LogP) is 6.88. The van der Waals surface area contributed by atoms with Gasteiger partial charge in [-0.15, -0.1) is 0 Å². The van der Waals surface area contributed by atoms with E-state index >= 15 is 0 Å². The van der Waals surface area contributed by atoms with Gasteiger partial charge in [-0.1, -0.05) is 110 Å². The van der Waals surface area contributed by atoms with Gasteiger partial charge in [0.05, 0.1) is 0 Å². The zero-order valence-corrected chi connectivity index (χ0v) is 15.0. The van der Waals surface area contributed by atoms with E-state index in [0.717, 1.165) is 12.3 Å². The summed E-state index contributed by atoms with van der Waals surface area (Å²) in [5, 5.41) is 8.51. The second-order valence-electron chi connectivity index (χ2n) is 6.84. The van der Waals surface area contributed by atoms with Crippen LogP contribution < -0.4 is 0 Å². The molecule has 0 aliphatic heterocycles. The first-order chi connectivity index (χ1) is 10.3. The SMILES string of the molecule is CCCCC1CCCCC1.CCCCCCCCCCO. The van der Waals surface area contributed by atoms with Crippen LogP contribution in [0.4, 0.5) is 0 Å². The smallest absolute Gasteiger partial charge is 0.0431 e. The molecule has 0 amide bonds. The van der Waals surface area contributed by atoms with Gasteiger partial charge < -0.3 is 5.11 Å². The van der Waals surface area contributed by atoms with E-state index in [1.807, 2.05) is 0 Å². The highest BCUT2D eigenvalue weighted by atomic mass is 16.2. The van der Waals surface area contributed by atoms with Gasteiger partial charge in [0.15, 0.2) is 0 Å². The Morgan fingerprint density at radius 3 is 1.71 bits per heavy atom. The maximum atomic E-state index is 8.51. The van der Waals surface area contributed by atoms with E-state index in [1.165, 1.54) is 96.3 Å². The molecule has 0 aromatic heterocycles. The van der Waals surface area contributed by atoms with Crippen molar-refractivity contribution < 1.29 is 5.11 Å². The van der Waals surface area contributed by atoms with Gasteiger partial charge in [-0.25, -0.2) is 0 Å². The van der Waals surface area contributed by atoms with Crippen LogP contribution in [0.2, 0.25) is 0 Å². The highest BCUT2D eigenvalue weighted by molar-refractivity contribution is 4.65. The molecule has 1 saturated carbocycles. The third-order valence-electron chi connectivity index (χ3n) is 4.70. The molecular weight excluding hydrogens is 256 g/mol. The van der Waals surface area contributed by atoms with Gasteiger partial charge in [0, 0.05) is 6.61 Å². The van der Waals surface area contributed by atoms with E-state index in [2.05, 4.69) is 13.8 Å². The number of hydrogen-bond donors (Lipinski definition) is 1. The van der Waals surface area contributed by atoms with E-state index in [9.17, 15) is 0 Å². The van der Waals surface area contributed by atoms with Crippen LogP contribution in [-0.4, -0.2) is 11.7 Å². The van der Waals surface area contributed by atoms with Crippen LogP contribution in [-0.2, 0) is 0 Å². The molecule has 1 aliphatic carbocycles. The molecule has 1 N–H and O–H groups in total. The lowest BCUT2D eigenvalue weighted by atomic mass is 9.86. The average molecular weight is 299 g/mol. The molecule has 0 bridgehead atoms. The summed E-state index contributed by atoms with van der Waals surface area (Å²) in [5.41, 5.74) is 0. The van der Waals surface area contributed by atoms with E-state index in [1.54, 1.807) is 0 Å². The molecule has 0 radical (unpaired) electrons. The molecule has 0 unspecified atom stereocenters. The van der Waals surface area contributed by atoms with Crippen molar-refractivity contribution in [1.29, 1.82) is 0 Å². The van der Waals surface area contributed by atoms with E-state index in [0.29, 0.717) is 6.61 Å². The summed E-state index contributed by atoms with van der Waals surface area (Å²) in [6, 6.07) is 0. The molecule has 1 nitrogen and oxygen atoms in total. The van der Waals surface area contributed by atoms with Crippen LogP contribution in [0, 0.1) is 5.92 Å². The normalized spacial score (nSPS) is 15.6. The van der Waals surface area contributed by atoms with Crippen LogP contribution in [0.5, 0.6) is 0 Å². The first kappa shape index (κ1) is 21.0. The minimum absolute atomic E-state index is 0.370. The largest absolute Gasteiger partial charge is 0.396 e. The quantitative estimate of drug-likeness (QED) is 0.412. The van der Waals surface area contributed by atoms with Gasteiger partial charge in [0.1, 0.15) is 0 Å². The van der Waals surface area contributed by atoms with Gasteiger partial charge >= 0.3 is 0 Å². The predicted molar refractivity (Wildman–Crippen MR) is 95.8 cm³/mol. The zero-order valence-electron chi connectivity index (χ0n) is 15.0. The Morgan fingerprint density at radius 2 is 1.19 bits per heavy atom. The Hall–Kier alpha value is -0.0400. The Balaban J connectivity index is 0.000000382. The van der Waals surface area contributed by atoms with E-state index in [-0.39, 0.29) is 0 Å². The van der Waals surface area contributed by atoms with Gasteiger partial charge in [-0.05, 0) is 12.3 Å². The second-order valence-corrected chi connectivity index (χ2v) is 6.84. The third kappa shape index (κ3) is 16.2. The van der Waals surface area contributed by atoms with Crippen LogP contribution in [0.25, 0.3) is 0 Å². The highest BCUT2D eigenvalue weighted by Gasteiger charge is 2.11. The fraction of sp³-hybridized carbons (Fsp3) is 1.00. The first-order valence-corrected chi connectivity index (χ1v) is 9.96. The summed E-state index contributed by atoms with van der Waals surface area (Å²) in [6.07, 6.45) is 22.3. The first-order valence-electron chi connectivity index (χ1n) is 9.96. The standard InChI is InChI=1S/C10H22O.C10H20/c1-2-3-4-5-6-7-8-9-10-11;1-2-3-7-10-8-5-4-6-9-10/h11H,2-10H2,1H3;10H,2-9H2,1H3. The number of rotatable bonds is 11. The minimum atomic E-state index is 0.370. The van der Waals surface area contributed by atoms with E-state index < -0.39 is 0 Å². The van der Waals surface area contributed by atoms with Gasteiger partial charge in [0.25, 0.3) is 0 Å². The summed E-state index contributed by atoms with van der Waals surface area (Å²) in [6.45, 7) is 4.91. The Labute approximate surface area is 134 Å². The molecule has 0 atom stereocenters. The molecular formula is C20H42O. The molecule has 1 aliphatic rings. The molecule has 1 rings (SSSR count). The van der Waals surface area contributed by atoms with Crippen molar-refractivity contribution in [1.82, 2.24) is 0 Å². The number of aliphatic hydroxyl groups is 1. The second kappa shape index (κ2) is 18.0. The van der Waals surface area contributed by atoms with Crippen molar-refractivity contribution in [3.05, 3.63) is 0 Å². The van der Waals surface area contributed by atoms with Crippen molar-refractivity contribution in [3.8, 4) is 0 Å². The van der Waals surface area contributed by atoms with Crippen LogP contribution >= 0.6 is 0 Å². The molecule has 0 spiro atoms. The summed E-state index contributed by atoms with van der Waals surface area (Å²) in [5.74, 6) is 1.11. The van der Waals surface area contributed by atoms with Gasteiger partial charge in [-0.3, -0.25) is 0 Å². The number of unbranched alkanes of at least 4 members (excludes halogenated alkanes) is 8. The van der Waals surface area contributed by atoms with Crippen molar-refractivity contribution in [2.24, 2.45) is 5.92 Å². The fourth-order valence-electron chi connectivity index (χ4n) is 3.21. The lowest BCUT2D eigenvalue weighted by Crippen LogP contribution is -2.05. The van der Waals surface area contributed by atoms with Crippen LogP contribution in [0.15, 0.2) is 0 Å². The van der Waals surface area contributed by atoms with Crippen molar-refractivity contribution in [3.63, 3.8) is 0 Å². The van der Waals surface area contributed by atoms with Gasteiger partial charge in [0.2, 0.25) is 0 Å². The Kier molecular flexibility index (Phi) is 18.0. The average Bonchev–Trinajstić information content (AvgIpc) is 2.54. The van der Waals surface area contributed by atoms with Crippen LogP contribution in [0.1, 0.15) is 117 Å². The van der Waals surface area contributed by atoms with Crippen LogP contribution in [0.3, 0.4) is 0 Å². The summed E-state index contributed by atoms with van der Waals surface area (Å²) >= 11 is 0. The van der Waals surface area contributed by atoms with Gasteiger partial charge in [-0.2, -0.15) is 0 Å². The molecule has 0 heterocycles. The summed E-state index contributed by atoms with van der Waals surface area (Å²) in [7, 11) is 0. The monoisotopic (exact) mass is 298 g/mol. The molecule has 1 fully saturated rings. The van der Waals surface area contributed by atoms with E-state index in [4.69, 9.17) is 5.11 Å². The highest BCUT2D eigenvalue weighted by Crippen LogP contribution is 2.27. The lowest BCUT2D eigenvalue weighted by Gasteiger charge is -2.20. The summed E-state index contributed by atoms with van der Waals surface area (Å²) in [4.78, 5) is 0. The van der Waals surface area contributed by atoms with Crippen molar-refractivity contribution >= 4 is 0 Å². The summed E-state index contributed by atoms with van der Waals surface area (Å²) < 4.78 is 0. The van der Waals surface area contributed by atoms with Crippen molar-refractivity contribution in [2.45, 2.75) is 117 Å². The maximum Gasteiger partial charge on any atom is 0.0431 e. The number of aliphatic hydroxyl groups excluding tert-OH is 1. The Bertz CT molecular complexity index is 165. The molecule has 0 aromatic carbocycles. The lowest BCUT2D eigenvalue weighted by molar-refractivity contribution is 0.282. The number of hydrogen-bond acceptors (Lipinski definition) is 1. The molecule has 1 heteroatoms. The molecule has 0 saturated heterocycles. The third-order valence-corrected chi connectivity index (χ3v) is 4.70.